The molecule has 0 aliphatic heterocycles. The van der Waals surface area contributed by atoms with Crippen molar-refractivity contribution in [1.29, 1.82) is 0 Å². The standard InChI is InChI=1S/C18H28O4/c1-13(2)8-10-21-17(19)15-6-5-7-16(12-15)18(20)22-11-9-14(3)4/h15-16H,1,3,5-12H2,2,4H3. The van der Waals surface area contributed by atoms with Gasteiger partial charge in [0.25, 0.3) is 0 Å². The molecule has 124 valence electrons. The molecule has 0 saturated heterocycles. The lowest BCUT2D eigenvalue weighted by Crippen LogP contribution is -2.30. The number of rotatable bonds is 8. The van der Waals surface area contributed by atoms with E-state index < -0.39 is 0 Å². The summed E-state index contributed by atoms with van der Waals surface area (Å²) in [5.74, 6) is -0.753. The Morgan fingerprint density at radius 3 is 1.68 bits per heavy atom. The van der Waals surface area contributed by atoms with Gasteiger partial charge in [-0.2, -0.15) is 0 Å². The average Bonchev–Trinajstić information content (AvgIpc) is 2.46. The summed E-state index contributed by atoms with van der Waals surface area (Å²) in [6.45, 7) is 12.1. The molecule has 0 N–H and O–H groups in total. The van der Waals surface area contributed by atoms with Crippen LogP contribution in [0.1, 0.15) is 52.4 Å². The first kappa shape index (κ1) is 18.5. The molecule has 0 amide bonds. The minimum Gasteiger partial charge on any atom is -0.465 e. The monoisotopic (exact) mass is 308 g/mol. The van der Waals surface area contributed by atoms with Crippen LogP contribution in [0.25, 0.3) is 0 Å². The highest BCUT2D eigenvalue weighted by Crippen LogP contribution is 2.31. The SMILES string of the molecule is C=C(C)CCOC(=O)C1CCCC(C(=O)OCCC(=C)C)C1. The maximum absolute atomic E-state index is 12.0. The van der Waals surface area contributed by atoms with Gasteiger partial charge in [-0.3, -0.25) is 9.59 Å². The van der Waals surface area contributed by atoms with E-state index >= 15 is 0 Å². The molecule has 0 bridgehead atoms. The molecule has 0 aromatic rings. The summed E-state index contributed by atoms with van der Waals surface area (Å²) in [7, 11) is 0. The summed E-state index contributed by atoms with van der Waals surface area (Å²) >= 11 is 0. The number of hydrogen-bond acceptors (Lipinski definition) is 4. The molecule has 1 saturated carbocycles. The van der Waals surface area contributed by atoms with Crippen molar-refractivity contribution in [2.75, 3.05) is 13.2 Å². The van der Waals surface area contributed by atoms with E-state index in [4.69, 9.17) is 9.47 Å². The summed E-state index contributed by atoms with van der Waals surface area (Å²) in [6, 6.07) is 0. The minimum absolute atomic E-state index is 0.183. The van der Waals surface area contributed by atoms with E-state index in [1.165, 1.54) is 0 Å². The summed E-state index contributed by atoms with van der Waals surface area (Å²) < 4.78 is 10.5. The van der Waals surface area contributed by atoms with Gasteiger partial charge in [0.1, 0.15) is 0 Å². The molecule has 0 heterocycles. The van der Waals surface area contributed by atoms with Crippen LogP contribution in [-0.2, 0) is 19.1 Å². The van der Waals surface area contributed by atoms with E-state index in [-0.39, 0.29) is 23.8 Å². The average molecular weight is 308 g/mol. The number of carbonyl (C=O) groups excluding carboxylic acids is 2. The number of carbonyl (C=O) groups is 2. The first-order chi connectivity index (χ1) is 10.4. The predicted octanol–water partition coefficient (Wildman–Crippen LogP) is 3.81. The van der Waals surface area contributed by atoms with Crippen molar-refractivity contribution in [3.8, 4) is 0 Å². The van der Waals surface area contributed by atoms with Crippen LogP contribution >= 0.6 is 0 Å². The van der Waals surface area contributed by atoms with Crippen LogP contribution in [0, 0.1) is 11.8 Å². The molecule has 0 radical (unpaired) electrons. The van der Waals surface area contributed by atoms with E-state index in [9.17, 15) is 9.59 Å². The highest BCUT2D eigenvalue weighted by atomic mass is 16.5. The van der Waals surface area contributed by atoms with E-state index in [0.717, 1.165) is 30.4 Å². The third-order valence-corrected chi connectivity index (χ3v) is 3.89. The maximum atomic E-state index is 12.0. The van der Waals surface area contributed by atoms with Crippen molar-refractivity contribution >= 4 is 11.9 Å². The number of esters is 2. The quantitative estimate of drug-likeness (QED) is 0.505. The van der Waals surface area contributed by atoms with Crippen molar-refractivity contribution in [2.45, 2.75) is 52.4 Å². The zero-order valence-corrected chi connectivity index (χ0v) is 13.9. The largest absolute Gasteiger partial charge is 0.465 e. The lowest BCUT2D eigenvalue weighted by Gasteiger charge is -2.26. The second kappa shape index (κ2) is 9.44. The molecule has 0 spiro atoms. The molecule has 2 atom stereocenters. The molecular formula is C18H28O4. The minimum atomic E-state index is -0.194. The summed E-state index contributed by atoms with van der Waals surface area (Å²) in [4.78, 5) is 24.1. The van der Waals surface area contributed by atoms with Crippen LogP contribution in [0.3, 0.4) is 0 Å². The fourth-order valence-electron chi connectivity index (χ4n) is 2.51. The van der Waals surface area contributed by atoms with Crippen LogP contribution in [0.4, 0.5) is 0 Å². The molecule has 4 nitrogen and oxygen atoms in total. The highest BCUT2D eigenvalue weighted by Gasteiger charge is 2.32. The van der Waals surface area contributed by atoms with Crippen LogP contribution in [-0.4, -0.2) is 25.2 Å². The van der Waals surface area contributed by atoms with Crippen LogP contribution in [0.5, 0.6) is 0 Å². The van der Waals surface area contributed by atoms with Crippen LogP contribution < -0.4 is 0 Å². The van der Waals surface area contributed by atoms with Gasteiger partial charge in [0.2, 0.25) is 0 Å². The van der Waals surface area contributed by atoms with Gasteiger partial charge in [-0.25, -0.2) is 0 Å². The van der Waals surface area contributed by atoms with Gasteiger partial charge in [0, 0.05) is 12.8 Å². The molecule has 0 aromatic heterocycles. The Morgan fingerprint density at radius 1 is 0.909 bits per heavy atom. The van der Waals surface area contributed by atoms with Crippen molar-refractivity contribution in [3.63, 3.8) is 0 Å². The van der Waals surface area contributed by atoms with Gasteiger partial charge < -0.3 is 9.47 Å². The highest BCUT2D eigenvalue weighted by molar-refractivity contribution is 5.76. The second-order valence-electron chi connectivity index (χ2n) is 6.31. The fourth-order valence-corrected chi connectivity index (χ4v) is 2.51. The van der Waals surface area contributed by atoms with E-state index in [1.54, 1.807) is 0 Å². The molecule has 1 fully saturated rings. The van der Waals surface area contributed by atoms with Crippen molar-refractivity contribution in [3.05, 3.63) is 24.3 Å². The number of ether oxygens (including phenoxy) is 2. The summed E-state index contributed by atoms with van der Waals surface area (Å²) in [5, 5.41) is 0. The molecule has 22 heavy (non-hydrogen) atoms. The topological polar surface area (TPSA) is 52.6 Å². The third kappa shape index (κ3) is 6.92. The van der Waals surface area contributed by atoms with E-state index in [2.05, 4.69) is 13.2 Å². The zero-order chi connectivity index (χ0) is 16.5. The first-order valence-electron chi connectivity index (χ1n) is 8.02. The van der Waals surface area contributed by atoms with Gasteiger partial charge in [-0.05, 0) is 33.1 Å². The lowest BCUT2D eigenvalue weighted by atomic mass is 9.81. The van der Waals surface area contributed by atoms with Gasteiger partial charge in [-0.15, -0.1) is 13.2 Å². The Hall–Kier alpha value is -1.58. The molecule has 4 heteroatoms. The van der Waals surface area contributed by atoms with Crippen molar-refractivity contribution in [2.24, 2.45) is 11.8 Å². The predicted molar refractivity (Wildman–Crippen MR) is 86.2 cm³/mol. The van der Waals surface area contributed by atoms with Gasteiger partial charge in [-0.1, -0.05) is 17.6 Å². The number of hydrogen-bond donors (Lipinski definition) is 0. The Labute approximate surface area is 133 Å². The van der Waals surface area contributed by atoms with Crippen LogP contribution in [0.15, 0.2) is 24.3 Å². The van der Waals surface area contributed by atoms with E-state index in [1.807, 2.05) is 13.8 Å². The Morgan fingerprint density at radius 2 is 1.32 bits per heavy atom. The molecule has 0 aromatic carbocycles. The van der Waals surface area contributed by atoms with Gasteiger partial charge >= 0.3 is 11.9 Å². The molecule has 1 rings (SSSR count). The molecule has 1 aliphatic rings. The Kier molecular flexibility index (Phi) is 7.92. The molecular weight excluding hydrogens is 280 g/mol. The van der Waals surface area contributed by atoms with Gasteiger partial charge in [0.05, 0.1) is 25.0 Å². The first-order valence-corrected chi connectivity index (χ1v) is 8.02. The third-order valence-electron chi connectivity index (χ3n) is 3.89. The Balaban J connectivity index is 2.36. The Bertz CT molecular complexity index is 387. The second-order valence-corrected chi connectivity index (χ2v) is 6.31. The van der Waals surface area contributed by atoms with Crippen LogP contribution in [0.2, 0.25) is 0 Å². The van der Waals surface area contributed by atoms with Crippen molar-refractivity contribution < 1.29 is 19.1 Å². The molecule has 2 unspecified atom stereocenters. The zero-order valence-electron chi connectivity index (χ0n) is 13.9. The van der Waals surface area contributed by atoms with Gasteiger partial charge in [0.15, 0.2) is 0 Å². The lowest BCUT2D eigenvalue weighted by molar-refractivity contribution is -0.154. The summed E-state index contributed by atoms with van der Waals surface area (Å²) in [5.41, 5.74) is 1.99. The fraction of sp³-hybridized carbons (Fsp3) is 0.667. The normalized spacial score (nSPS) is 21.0. The summed E-state index contributed by atoms with van der Waals surface area (Å²) in [6.07, 6.45) is 4.36. The smallest absolute Gasteiger partial charge is 0.308 e. The maximum Gasteiger partial charge on any atom is 0.308 e. The molecule has 1 aliphatic carbocycles. The van der Waals surface area contributed by atoms with Crippen molar-refractivity contribution in [1.82, 2.24) is 0 Å². The van der Waals surface area contributed by atoms with E-state index in [0.29, 0.717) is 32.5 Å².